The quantitative estimate of drug-likeness (QED) is 0.887. The number of aromatic amines is 1. The zero-order chi connectivity index (χ0) is 13.7. The average Bonchev–Trinajstić information content (AvgIpc) is 2.87. The van der Waals surface area contributed by atoms with Crippen molar-refractivity contribution in [1.82, 2.24) is 10.2 Å². The first-order valence-corrected chi connectivity index (χ1v) is 5.86. The molecule has 100 valence electrons. The van der Waals surface area contributed by atoms with Crippen molar-refractivity contribution in [3.8, 4) is 17.0 Å². The van der Waals surface area contributed by atoms with Gasteiger partial charge in [0.25, 0.3) is 0 Å². The summed E-state index contributed by atoms with van der Waals surface area (Å²) in [6, 6.07) is 9.25. The summed E-state index contributed by atoms with van der Waals surface area (Å²) in [4.78, 5) is 11.2. The number of anilines is 1. The molecule has 1 heterocycles. The number of hydrogen-bond donors (Lipinski definition) is 2. The number of methoxy groups -OCH3 is 1. The lowest BCUT2D eigenvalue weighted by Crippen LogP contribution is -2.13. The number of nitrogens with one attached hydrogen (secondary N) is 2. The molecule has 2 rings (SSSR count). The minimum atomic E-state index is -0.518. The maximum Gasteiger partial charge on any atom is 0.412 e. The molecular formula is C13H15N3O3. The van der Waals surface area contributed by atoms with Crippen molar-refractivity contribution in [2.75, 3.05) is 19.0 Å². The van der Waals surface area contributed by atoms with Crippen molar-refractivity contribution in [2.24, 2.45) is 0 Å². The minimum absolute atomic E-state index is 0.321. The van der Waals surface area contributed by atoms with E-state index in [2.05, 4.69) is 15.5 Å². The van der Waals surface area contributed by atoms with Gasteiger partial charge in [-0.05, 0) is 36.8 Å². The van der Waals surface area contributed by atoms with Gasteiger partial charge in [-0.2, -0.15) is 5.10 Å². The first-order valence-electron chi connectivity index (χ1n) is 5.86. The Kier molecular flexibility index (Phi) is 4.02. The van der Waals surface area contributed by atoms with Crippen molar-refractivity contribution in [2.45, 2.75) is 6.92 Å². The van der Waals surface area contributed by atoms with E-state index in [4.69, 9.17) is 9.47 Å². The Hall–Kier alpha value is -2.50. The molecule has 0 spiro atoms. The lowest BCUT2D eigenvalue weighted by atomic mass is 10.1. The van der Waals surface area contributed by atoms with E-state index in [9.17, 15) is 4.79 Å². The van der Waals surface area contributed by atoms with Gasteiger partial charge in [-0.25, -0.2) is 4.79 Å². The summed E-state index contributed by atoms with van der Waals surface area (Å²) in [5, 5.41) is 9.36. The monoisotopic (exact) mass is 261 g/mol. The van der Waals surface area contributed by atoms with Crippen molar-refractivity contribution >= 4 is 11.9 Å². The van der Waals surface area contributed by atoms with Crippen LogP contribution in [0.5, 0.6) is 5.75 Å². The Morgan fingerprint density at radius 3 is 2.74 bits per heavy atom. The summed E-state index contributed by atoms with van der Waals surface area (Å²) < 4.78 is 9.86. The molecule has 1 amide bonds. The van der Waals surface area contributed by atoms with Crippen LogP contribution in [0.3, 0.4) is 0 Å². The topological polar surface area (TPSA) is 76.2 Å². The molecule has 2 N–H and O–H groups in total. The number of rotatable bonds is 4. The fourth-order valence-electron chi connectivity index (χ4n) is 1.58. The molecule has 0 fully saturated rings. The van der Waals surface area contributed by atoms with Crippen LogP contribution in [0.2, 0.25) is 0 Å². The highest BCUT2D eigenvalue weighted by Gasteiger charge is 2.07. The van der Waals surface area contributed by atoms with Crippen LogP contribution in [-0.4, -0.2) is 30.0 Å². The van der Waals surface area contributed by atoms with Crippen LogP contribution < -0.4 is 10.1 Å². The Morgan fingerprint density at radius 2 is 2.11 bits per heavy atom. The highest BCUT2D eigenvalue weighted by molar-refractivity contribution is 5.84. The van der Waals surface area contributed by atoms with E-state index in [1.807, 2.05) is 24.3 Å². The zero-order valence-electron chi connectivity index (χ0n) is 10.8. The van der Waals surface area contributed by atoms with Gasteiger partial charge in [-0.15, -0.1) is 0 Å². The second kappa shape index (κ2) is 5.90. The van der Waals surface area contributed by atoms with Crippen molar-refractivity contribution in [3.05, 3.63) is 30.3 Å². The third-order valence-corrected chi connectivity index (χ3v) is 2.48. The molecule has 0 atom stereocenters. The predicted octanol–water partition coefficient (Wildman–Crippen LogP) is 2.65. The molecule has 6 heteroatoms. The number of hydrogen-bond acceptors (Lipinski definition) is 4. The molecule has 0 aliphatic carbocycles. The van der Waals surface area contributed by atoms with Gasteiger partial charge in [-0.3, -0.25) is 10.4 Å². The fraction of sp³-hybridized carbons (Fsp3) is 0.231. The number of aromatic nitrogens is 2. The molecule has 19 heavy (non-hydrogen) atoms. The van der Waals surface area contributed by atoms with Crippen LogP contribution in [0.25, 0.3) is 11.3 Å². The number of nitrogens with zero attached hydrogens (tertiary/aromatic N) is 1. The Bertz CT molecular complexity index is 549. The van der Waals surface area contributed by atoms with Crippen molar-refractivity contribution < 1.29 is 14.3 Å². The van der Waals surface area contributed by atoms with Gasteiger partial charge in [0, 0.05) is 6.07 Å². The van der Waals surface area contributed by atoms with Gasteiger partial charge in [0.2, 0.25) is 0 Å². The molecule has 2 aromatic rings. The largest absolute Gasteiger partial charge is 0.497 e. The van der Waals surface area contributed by atoms with Crippen LogP contribution in [0.15, 0.2) is 30.3 Å². The maximum absolute atomic E-state index is 11.2. The Morgan fingerprint density at radius 1 is 1.37 bits per heavy atom. The lowest BCUT2D eigenvalue weighted by molar-refractivity contribution is 0.168. The summed E-state index contributed by atoms with van der Waals surface area (Å²) in [5.74, 6) is 1.21. The van der Waals surface area contributed by atoms with E-state index in [-0.39, 0.29) is 0 Å². The second-order valence-electron chi connectivity index (χ2n) is 3.74. The Labute approximate surface area is 110 Å². The highest BCUT2D eigenvalue weighted by atomic mass is 16.5. The molecule has 1 aromatic heterocycles. The summed E-state index contributed by atoms with van der Waals surface area (Å²) in [5.41, 5.74) is 1.75. The average molecular weight is 261 g/mol. The van der Waals surface area contributed by atoms with Gasteiger partial charge in [-0.1, -0.05) is 0 Å². The maximum atomic E-state index is 11.2. The number of carbonyl (C=O) groups is 1. The van der Waals surface area contributed by atoms with Crippen LogP contribution in [0.1, 0.15) is 6.92 Å². The first kappa shape index (κ1) is 12.9. The smallest absolute Gasteiger partial charge is 0.412 e. The van der Waals surface area contributed by atoms with Crippen molar-refractivity contribution in [1.29, 1.82) is 0 Å². The van der Waals surface area contributed by atoms with Crippen molar-refractivity contribution in [3.63, 3.8) is 0 Å². The van der Waals surface area contributed by atoms with E-state index in [1.165, 1.54) is 0 Å². The number of H-pyrrole nitrogens is 1. The van der Waals surface area contributed by atoms with Gasteiger partial charge in [0.05, 0.1) is 19.4 Å². The molecule has 0 bridgehead atoms. The van der Waals surface area contributed by atoms with Gasteiger partial charge >= 0.3 is 6.09 Å². The van der Waals surface area contributed by atoms with Crippen LogP contribution >= 0.6 is 0 Å². The molecule has 0 radical (unpaired) electrons. The molecule has 1 aromatic carbocycles. The summed E-state index contributed by atoms with van der Waals surface area (Å²) in [6.45, 7) is 2.06. The normalized spacial score (nSPS) is 10.0. The van der Waals surface area contributed by atoms with Gasteiger partial charge < -0.3 is 9.47 Å². The number of carbonyl (C=O) groups excluding carboxylic acids is 1. The molecular weight excluding hydrogens is 246 g/mol. The van der Waals surface area contributed by atoms with Gasteiger partial charge in [0.1, 0.15) is 5.75 Å². The Balaban J connectivity index is 2.09. The van der Waals surface area contributed by atoms with E-state index in [1.54, 1.807) is 20.1 Å². The first-order chi connectivity index (χ1) is 9.22. The van der Waals surface area contributed by atoms with Crippen LogP contribution in [0.4, 0.5) is 10.6 Å². The molecule has 6 nitrogen and oxygen atoms in total. The molecule has 0 aliphatic rings. The number of ether oxygens (including phenoxy) is 2. The second-order valence-corrected chi connectivity index (χ2v) is 3.74. The summed E-state index contributed by atoms with van der Waals surface area (Å²) in [7, 11) is 1.62. The zero-order valence-corrected chi connectivity index (χ0v) is 10.8. The van der Waals surface area contributed by atoms with Crippen LogP contribution in [0, 0.1) is 0 Å². The summed E-state index contributed by atoms with van der Waals surface area (Å²) >= 11 is 0. The minimum Gasteiger partial charge on any atom is -0.497 e. The third kappa shape index (κ3) is 3.25. The van der Waals surface area contributed by atoms with Gasteiger partial charge in [0.15, 0.2) is 5.82 Å². The summed E-state index contributed by atoms with van der Waals surface area (Å²) in [6.07, 6.45) is -0.518. The highest BCUT2D eigenvalue weighted by Crippen LogP contribution is 2.22. The lowest BCUT2D eigenvalue weighted by Gasteiger charge is -2.01. The van der Waals surface area contributed by atoms with Crippen LogP contribution in [-0.2, 0) is 4.74 Å². The molecule has 0 unspecified atom stereocenters. The molecule has 0 saturated heterocycles. The molecule has 0 saturated carbocycles. The molecule has 0 aliphatic heterocycles. The van der Waals surface area contributed by atoms with E-state index in [0.29, 0.717) is 12.4 Å². The fourth-order valence-corrected chi connectivity index (χ4v) is 1.58. The standard InChI is InChI=1S/C13H15N3O3/c1-3-19-13(17)14-12-8-11(15-16-12)9-4-6-10(18-2)7-5-9/h4-8H,3H2,1-2H3,(H2,14,15,16,17). The third-order valence-electron chi connectivity index (χ3n) is 2.48. The number of benzene rings is 1. The SMILES string of the molecule is CCOC(=O)Nc1cc(-c2ccc(OC)cc2)[nH]n1. The predicted molar refractivity (Wildman–Crippen MR) is 71.2 cm³/mol. The van der Waals surface area contributed by atoms with E-state index in [0.717, 1.165) is 17.0 Å². The van der Waals surface area contributed by atoms with E-state index >= 15 is 0 Å². The number of amides is 1. The van der Waals surface area contributed by atoms with E-state index < -0.39 is 6.09 Å².